The second-order valence-corrected chi connectivity index (χ2v) is 13.8. The topological polar surface area (TPSA) is 126 Å². The number of aromatic nitrogens is 2. The Morgan fingerprint density at radius 2 is 1.86 bits per heavy atom. The smallest absolute Gasteiger partial charge is 0.410 e. The van der Waals surface area contributed by atoms with E-state index in [1.165, 1.54) is 32.8 Å². The maximum atomic E-state index is 15.9. The van der Waals surface area contributed by atoms with Gasteiger partial charge in [0.25, 0.3) is 10.0 Å². The number of rotatable bonds is 12. The van der Waals surface area contributed by atoms with Gasteiger partial charge in [-0.15, -0.1) is 0 Å². The van der Waals surface area contributed by atoms with Crippen molar-refractivity contribution in [3.05, 3.63) is 101 Å². The Hall–Kier alpha value is -4.66. The molecule has 2 atom stereocenters. The summed E-state index contributed by atoms with van der Waals surface area (Å²) in [6.45, 7) is 0.676. The molecule has 2 unspecified atom stereocenters. The van der Waals surface area contributed by atoms with Gasteiger partial charge in [-0.25, -0.2) is 31.9 Å². The minimum atomic E-state index is -4.56. The molecule has 12 nitrogen and oxygen atoms in total. The summed E-state index contributed by atoms with van der Waals surface area (Å²) in [6.07, 6.45) is 2.68. The molecule has 1 aromatic heterocycles. The number of anilines is 2. The first-order chi connectivity index (χ1) is 23.5. The van der Waals surface area contributed by atoms with Gasteiger partial charge in [0.1, 0.15) is 41.0 Å². The molecule has 0 saturated carbocycles. The van der Waals surface area contributed by atoms with Crippen LogP contribution in [0.25, 0.3) is 0 Å². The number of likely N-dealkylation sites (N-methyl/N-ethyl adjacent to an activating group) is 1. The number of nitrogens with one attached hydrogen (secondary N) is 1. The molecule has 1 fully saturated rings. The number of carbonyl (C=O) groups excluding carboxylic acids is 1. The highest BCUT2D eigenvalue weighted by Gasteiger charge is 2.35. The maximum Gasteiger partial charge on any atom is 0.410 e. The fraction of sp³-hybridized carbons (Fsp3) is 0.324. The van der Waals surface area contributed by atoms with Gasteiger partial charge in [-0.3, -0.25) is 0 Å². The van der Waals surface area contributed by atoms with Crippen LogP contribution in [0.1, 0.15) is 17.5 Å². The monoisotopic (exact) mass is 712 g/mol. The highest BCUT2D eigenvalue weighted by molar-refractivity contribution is 7.92. The van der Waals surface area contributed by atoms with Gasteiger partial charge in [-0.05, 0) is 50.3 Å². The third-order valence-corrected chi connectivity index (χ3v) is 10.3. The molecule has 3 aromatic carbocycles. The van der Waals surface area contributed by atoms with Crippen molar-refractivity contribution in [3.8, 4) is 11.5 Å². The van der Waals surface area contributed by atoms with Crippen molar-refractivity contribution < 1.29 is 31.8 Å². The molecular weight excluding hydrogens is 675 g/mol. The van der Waals surface area contributed by atoms with E-state index in [2.05, 4.69) is 15.3 Å². The van der Waals surface area contributed by atoms with Gasteiger partial charge in [-0.1, -0.05) is 41.9 Å². The molecule has 0 aliphatic carbocycles. The lowest BCUT2D eigenvalue weighted by Gasteiger charge is -2.42. The van der Waals surface area contributed by atoms with Crippen molar-refractivity contribution in [2.24, 2.45) is 0 Å². The second-order valence-electron chi connectivity index (χ2n) is 11.6. The molecule has 1 saturated heterocycles. The van der Waals surface area contributed by atoms with E-state index in [0.717, 1.165) is 22.0 Å². The van der Waals surface area contributed by atoms with Crippen molar-refractivity contribution in [1.82, 2.24) is 19.8 Å². The molecule has 15 heteroatoms. The Morgan fingerprint density at radius 1 is 1.08 bits per heavy atom. The number of ether oxygens (including phenoxy) is 3. The van der Waals surface area contributed by atoms with E-state index in [4.69, 9.17) is 25.8 Å². The predicted molar refractivity (Wildman–Crippen MR) is 184 cm³/mol. The van der Waals surface area contributed by atoms with Crippen LogP contribution in [0.3, 0.4) is 0 Å². The van der Waals surface area contributed by atoms with E-state index < -0.39 is 26.8 Å². The number of nitrogens with zero attached hydrogens (tertiary/aromatic N) is 5. The zero-order chi connectivity index (χ0) is 35.1. The molecule has 2 heterocycles. The summed E-state index contributed by atoms with van der Waals surface area (Å²) >= 11 is 6.65. The quantitative estimate of drug-likeness (QED) is 0.203. The summed E-state index contributed by atoms with van der Waals surface area (Å²) in [5, 5.41) is 3.30. The van der Waals surface area contributed by atoms with Gasteiger partial charge in [0.05, 0.1) is 31.5 Å². The summed E-state index contributed by atoms with van der Waals surface area (Å²) in [6, 6.07) is 17.5. The molecule has 1 amide bonds. The van der Waals surface area contributed by atoms with Crippen LogP contribution in [0.15, 0.2) is 84.1 Å². The van der Waals surface area contributed by atoms with Crippen molar-refractivity contribution >= 4 is 39.2 Å². The Kier molecular flexibility index (Phi) is 11.4. The third kappa shape index (κ3) is 8.32. The average molecular weight is 713 g/mol. The van der Waals surface area contributed by atoms with Crippen molar-refractivity contribution in [3.63, 3.8) is 0 Å². The van der Waals surface area contributed by atoms with E-state index >= 15 is 4.39 Å². The van der Waals surface area contributed by atoms with E-state index in [-0.39, 0.29) is 41.8 Å². The summed E-state index contributed by atoms with van der Waals surface area (Å²) < 4.78 is 61.5. The lowest BCUT2D eigenvalue weighted by molar-refractivity contribution is 0.0678. The zero-order valence-electron chi connectivity index (χ0n) is 27.5. The molecule has 1 aliphatic heterocycles. The van der Waals surface area contributed by atoms with Crippen LogP contribution < -0.4 is 19.1 Å². The second kappa shape index (κ2) is 15.7. The SMILES string of the molecule is COc1ccc(CN(c2ccncn2)S(=O)(=O)c2cc(Cl)c(NC3CCN(C(=O)OCc4ccccc4)CC3N(C)C)cc2F)c(OC)c1. The minimum Gasteiger partial charge on any atom is -0.497 e. The van der Waals surface area contributed by atoms with E-state index in [0.29, 0.717) is 36.6 Å². The Labute approximate surface area is 290 Å². The first-order valence-corrected chi connectivity index (χ1v) is 17.2. The first-order valence-electron chi connectivity index (χ1n) is 15.4. The van der Waals surface area contributed by atoms with Gasteiger partial charge in [0.2, 0.25) is 0 Å². The Bertz CT molecular complexity index is 1860. The predicted octanol–water partition coefficient (Wildman–Crippen LogP) is 5.44. The largest absolute Gasteiger partial charge is 0.497 e. The minimum absolute atomic E-state index is 0.00634. The highest BCUT2D eigenvalue weighted by Crippen LogP contribution is 2.35. The number of amides is 1. The fourth-order valence-electron chi connectivity index (χ4n) is 5.61. The van der Waals surface area contributed by atoms with Crippen molar-refractivity contribution in [2.75, 3.05) is 51.0 Å². The van der Waals surface area contributed by atoms with E-state index in [1.54, 1.807) is 23.1 Å². The van der Waals surface area contributed by atoms with Crippen LogP contribution in [-0.4, -0.2) is 87.8 Å². The Balaban J connectivity index is 1.36. The molecule has 260 valence electrons. The molecule has 5 rings (SSSR count). The summed E-state index contributed by atoms with van der Waals surface area (Å²) in [5.41, 5.74) is 1.60. The lowest BCUT2D eigenvalue weighted by Crippen LogP contribution is -2.57. The van der Waals surface area contributed by atoms with Gasteiger partial charge >= 0.3 is 6.09 Å². The molecule has 0 spiro atoms. The molecule has 4 aromatic rings. The average Bonchev–Trinajstić information content (AvgIpc) is 3.11. The van der Waals surface area contributed by atoms with Crippen LogP contribution >= 0.6 is 11.6 Å². The van der Waals surface area contributed by atoms with Gasteiger partial charge in [0.15, 0.2) is 0 Å². The standard InChI is InChI=1S/C34H38ClFN6O6S/c1-40(2)30-20-41(34(43)48-21-23-8-6-5-7-9-23)15-13-28(30)39-29-18-27(36)32(17-26(29)35)49(44,45)42(33-12-14-37-22-38-33)19-24-10-11-25(46-3)16-31(24)47-4/h5-12,14,16-18,22,28,30,39H,13,15,19-21H2,1-4H3. The first kappa shape index (κ1) is 35.6. The third-order valence-electron chi connectivity index (χ3n) is 8.27. The number of benzene rings is 3. The van der Waals surface area contributed by atoms with Crippen LogP contribution in [0.2, 0.25) is 5.02 Å². The van der Waals surface area contributed by atoms with Crippen LogP contribution in [0, 0.1) is 5.82 Å². The number of halogens is 2. The molecule has 1 N–H and O–H groups in total. The van der Waals surface area contributed by atoms with Gasteiger partial charge in [-0.2, -0.15) is 0 Å². The highest BCUT2D eigenvalue weighted by atomic mass is 35.5. The van der Waals surface area contributed by atoms with Gasteiger partial charge in [0, 0.05) is 49.1 Å². The maximum absolute atomic E-state index is 15.9. The molecular formula is C34H38ClFN6O6S. The number of piperidine rings is 1. The number of carbonyl (C=O) groups is 1. The van der Waals surface area contributed by atoms with Crippen LogP contribution in [0.4, 0.5) is 20.7 Å². The summed E-state index contributed by atoms with van der Waals surface area (Å²) in [4.78, 5) is 23.9. The van der Waals surface area contributed by atoms with E-state index in [9.17, 15) is 13.2 Å². The molecule has 49 heavy (non-hydrogen) atoms. The van der Waals surface area contributed by atoms with Crippen molar-refractivity contribution in [2.45, 2.75) is 36.6 Å². The lowest BCUT2D eigenvalue weighted by atomic mass is 9.98. The molecule has 0 radical (unpaired) electrons. The normalized spacial score (nSPS) is 16.3. The number of likely N-dealkylation sites (tertiary alicyclic amines) is 1. The number of hydrogen-bond acceptors (Lipinski definition) is 10. The molecule has 1 aliphatic rings. The van der Waals surface area contributed by atoms with Crippen LogP contribution in [0.5, 0.6) is 11.5 Å². The van der Waals surface area contributed by atoms with Crippen molar-refractivity contribution in [1.29, 1.82) is 0 Å². The fourth-order valence-corrected chi connectivity index (χ4v) is 7.37. The molecule has 0 bridgehead atoms. The summed E-state index contributed by atoms with van der Waals surface area (Å²) in [5.74, 6) is -0.0924. The number of methoxy groups -OCH3 is 2. The number of hydrogen-bond donors (Lipinski definition) is 1. The zero-order valence-corrected chi connectivity index (χ0v) is 29.1. The number of sulfonamides is 1. The Morgan fingerprint density at radius 3 is 2.53 bits per heavy atom. The summed E-state index contributed by atoms with van der Waals surface area (Å²) in [7, 11) is 2.17. The van der Waals surface area contributed by atoms with Crippen LogP contribution in [-0.2, 0) is 27.9 Å². The van der Waals surface area contributed by atoms with Gasteiger partial charge < -0.3 is 29.3 Å². The van der Waals surface area contributed by atoms with E-state index in [1.807, 2.05) is 49.3 Å².